The third kappa shape index (κ3) is 3.41. The summed E-state index contributed by atoms with van der Waals surface area (Å²) >= 11 is 0. The third-order valence-electron chi connectivity index (χ3n) is 9.05. The number of benzene rings is 8. The van der Waals surface area contributed by atoms with Crippen LogP contribution in [-0.4, -0.2) is 0 Å². The van der Waals surface area contributed by atoms with Gasteiger partial charge in [0.15, 0.2) is 10.9 Å². The standard InChI is InChI=1S/C40H22N2O4/c43-37-25-15-7-9-17-27(25)39(45)33-29(37)20-22-32-35(33)41(23-11-3-1-4-12-23)31-21-19-30-34(36(31)42(32)24-13-5-2-6-14-24)40(46)28-18-10-8-16-26(28)38(30)44/h1-22H/q+2. The van der Waals surface area contributed by atoms with Gasteiger partial charge in [-0.15, -0.1) is 9.13 Å². The topological polar surface area (TPSA) is 76.0 Å². The van der Waals surface area contributed by atoms with Crippen LogP contribution in [0.1, 0.15) is 0 Å². The Kier molecular flexibility index (Phi) is 5.41. The Morgan fingerprint density at radius 2 is 0.630 bits per heavy atom. The van der Waals surface area contributed by atoms with Crippen molar-refractivity contribution in [2.45, 2.75) is 0 Å². The molecule has 1 heterocycles. The van der Waals surface area contributed by atoms with Crippen LogP contribution in [0.3, 0.4) is 0 Å². The summed E-state index contributed by atoms with van der Waals surface area (Å²) in [6.07, 6.45) is 0. The Morgan fingerprint density at radius 3 is 1.00 bits per heavy atom. The van der Waals surface area contributed by atoms with Gasteiger partial charge in [0, 0.05) is 68.7 Å². The molecule has 0 bridgehead atoms. The number of hydrogen-bond donors (Lipinski definition) is 0. The number of fused-ring (bicyclic) bond motifs is 8. The van der Waals surface area contributed by atoms with Gasteiger partial charge in [-0.3, -0.25) is 19.2 Å². The molecule has 0 aliphatic carbocycles. The van der Waals surface area contributed by atoms with Gasteiger partial charge in [0.05, 0.1) is 0 Å². The van der Waals surface area contributed by atoms with E-state index in [1.54, 1.807) is 60.7 Å². The molecule has 0 amide bonds. The van der Waals surface area contributed by atoms with Crippen molar-refractivity contribution < 1.29 is 9.13 Å². The predicted molar refractivity (Wildman–Crippen MR) is 182 cm³/mol. The van der Waals surface area contributed by atoms with Gasteiger partial charge in [0.1, 0.15) is 10.8 Å². The van der Waals surface area contributed by atoms with Gasteiger partial charge in [0.2, 0.25) is 22.2 Å². The van der Waals surface area contributed by atoms with Crippen LogP contribution >= 0.6 is 0 Å². The van der Waals surface area contributed by atoms with E-state index in [1.165, 1.54) is 0 Å². The first-order valence-corrected chi connectivity index (χ1v) is 15.0. The summed E-state index contributed by atoms with van der Waals surface area (Å²) < 4.78 is 3.89. The molecule has 9 aromatic rings. The Morgan fingerprint density at radius 1 is 0.304 bits per heavy atom. The average Bonchev–Trinajstić information content (AvgIpc) is 3.11. The lowest BCUT2D eigenvalue weighted by Crippen LogP contribution is -2.44. The molecule has 46 heavy (non-hydrogen) atoms. The van der Waals surface area contributed by atoms with Gasteiger partial charge < -0.3 is 0 Å². The fourth-order valence-corrected chi connectivity index (χ4v) is 7.06. The molecule has 0 aliphatic heterocycles. The fraction of sp³-hybridized carbons (Fsp3) is 0. The predicted octanol–water partition coefficient (Wildman–Crippen LogP) is 5.48. The van der Waals surface area contributed by atoms with Crippen molar-refractivity contribution in [2.24, 2.45) is 0 Å². The summed E-state index contributed by atoms with van der Waals surface area (Å²) in [6, 6.07) is 40.0. The molecular formula is C40H22N2O4+2. The molecular weight excluding hydrogens is 572 g/mol. The van der Waals surface area contributed by atoms with Crippen molar-refractivity contribution in [3.8, 4) is 11.4 Å². The molecule has 0 N–H and O–H groups in total. The van der Waals surface area contributed by atoms with E-state index in [2.05, 4.69) is 0 Å². The van der Waals surface area contributed by atoms with Gasteiger partial charge >= 0.3 is 0 Å². The van der Waals surface area contributed by atoms with Crippen LogP contribution in [0.4, 0.5) is 0 Å². The first-order chi connectivity index (χ1) is 22.5. The third-order valence-corrected chi connectivity index (χ3v) is 9.05. The van der Waals surface area contributed by atoms with Crippen molar-refractivity contribution in [1.29, 1.82) is 0 Å². The Hall–Kier alpha value is -6.40. The molecule has 0 fully saturated rings. The molecule has 6 heteroatoms. The van der Waals surface area contributed by atoms with E-state index in [0.29, 0.717) is 65.2 Å². The normalized spacial score (nSPS) is 11.8. The van der Waals surface area contributed by atoms with E-state index < -0.39 is 0 Å². The lowest BCUT2D eigenvalue weighted by atomic mass is 9.98. The highest BCUT2D eigenvalue weighted by Crippen LogP contribution is 2.27. The lowest BCUT2D eigenvalue weighted by molar-refractivity contribution is -0.580. The number of rotatable bonds is 2. The summed E-state index contributed by atoms with van der Waals surface area (Å²) in [5.74, 6) is 0. The quantitative estimate of drug-likeness (QED) is 0.151. The van der Waals surface area contributed by atoms with E-state index in [4.69, 9.17) is 0 Å². The Labute approximate surface area is 259 Å². The van der Waals surface area contributed by atoms with Crippen molar-refractivity contribution in [3.05, 3.63) is 174 Å². The SMILES string of the molecule is O=c1c2ccccc2c(=O)c2c1ccc1c2[n+](-c2ccccc2)c2ccc3c(=O)c4ccccc4c(=O)c3c2[n+]1-c1ccccc1. The maximum atomic E-state index is 14.4. The molecule has 9 rings (SSSR count). The molecule has 0 saturated carbocycles. The van der Waals surface area contributed by atoms with Crippen molar-refractivity contribution >= 4 is 65.2 Å². The molecule has 1 aromatic heterocycles. The van der Waals surface area contributed by atoms with Gasteiger partial charge in [0.25, 0.3) is 22.1 Å². The number of nitrogens with zero attached hydrogens (tertiary/aromatic N) is 2. The summed E-state index contributed by atoms with van der Waals surface area (Å²) in [4.78, 5) is 56.7. The van der Waals surface area contributed by atoms with Gasteiger partial charge in [-0.2, -0.15) is 0 Å². The second-order valence-electron chi connectivity index (χ2n) is 11.5. The second-order valence-corrected chi connectivity index (χ2v) is 11.5. The Balaban J connectivity index is 1.68. The molecule has 6 nitrogen and oxygen atoms in total. The summed E-state index contributed by atoms with van der Waals surface area (Å²) in [7, 11) is 0. The van der Waals surface area contributed by atoms with Crippen LogP contribution in [0.25, 0.3) is 76.5 Å². The highest BCUT2D eigenvalue weighted by atomic mass is 16.1. The summed E-state index contributed by atoms with van der Waals surface area (Å²) in [5.41, 5.74) is 2.80. The van der Waals surface area contributed by atoms with Crippen LogP contribution in [-0.2, 0) is 0 Å². The van der Waals surface area contributed by atoms with E-state index in [0.717, 1.165) is 11.4 Å². The molecule has 0 atom stereocenters. The maximum Gasteiger partial charge on any atom is 0.296 e. The molecule has 0 spiro atoms. The van der Waals surface area contributed by atoms with Gasteiger partial charge in [-0.1, -0.05) is 84.9 Å². The zero-order valence-electron chi connectivity index (χ0n) is 24.2. The average molecular weight is 595 g/mol. The van der Waals surface area contributed by atoms with E-state index in [9.17, 15) is 19.2 Å². The smallest absolute Gasteiger partial charge is 0.289 e. The van der Waals surface area contributed by atoms with E-state index in [1.807, 2.05) is 81.9 Å². The second kappa shape index (κ2) is 9.55. The first kappa shape index (κ1) is 26.0. The molecule has 0 radical (unpaired) electrons. The van der Waals surface area contributed by atoms with Gasteiger partial charge in [-0.25, -0.2) is 0 Å². The van der Waals surface area contributed by atoms with E-state index in [-0.39, 0.29) is 21.7 Å². The van der Waals surface area contributed by atoms with E-state index >= 15 is 0 Å². The summed E-state index contributed by atoms with van der Waals surface area (Å²) in [6.45, 7) is 0. The molecule has 214 valence electrons. The van der Waals surface area contributed by atoms with Crippen molar-refractivity contribution in [2.75, 3.05) is 0 Å². The van der Waals surface area contributed by atoms with Crippen LogP contribution in [0.5, 0.6) is 0 Å². The van der Waals surface area contributed by atoms with Crippen molar-refractivity contribution in [1.82, 2.24) is 0 Å². The maximum absolute atomic E-state index is 14.4. The molecule has 8 aromatic carbocycles. The first-order valence-electron chi connectivity index (χ1n) is 15.0. The highest BCUT2D eigenvalue weighted by molar-refractivity contribution is 6.11. The minimum absolute atomic E-state index is 0.221. The molecule has 0 saturated heterocycles. The zero-order chi connectivity index (χ0) is 31.1. The monoisotopic (exact) mass is 594 g/mol. The number of para-hydroxylation sites is 2. The van der Waals surface area contributed by atoms with Crippen LogP contribution < -0.4 is 30.8 Å². The number of hydrogen-bond acceptors (Lipinski definition) is 4. The zero-order valence-corrected chi connectivity index (χ0v) is 24.2. The van der Waals surface area contributed by atoms with Crippen LogP contribution in [0, 0.1) is 0 Å². The summed E-state index contributed by atoms with van der Waals surface area (Å²) in [5, 5.41) is 2.67. The highest BCUT2D eigenvalue weighted by Gasteiger charge is 2.35. The molecule has 0 unspecified atom stereocenters. The van der Waals surface area contributed by atoms with Crippen molar-refractivity contribution in [3.63, 3.8) is 0 Å². The van der Waals surface area contributed by atoms with Crippen LogP contribution in [0.2, 0.25) is 0 Å². The molecule has 0 aliphatic rings. The largest absolute Gasteiger partial charge is 0.296 e. The number of aromatic nitrogens is 2. The fourth-order valence-electron chi connectivity index (χ4n) is 7.06. The Bertz CT molecular complexity index is 2780. The van der Waals surface area contributed by atoms with Crippen LogP contribution in [0.15, 0.2) is 153 Å². The minimum Gasteiger partial charge on any atom is -0.289 e. The lowest BCUT2D eigenvalue weighted by Gasteiger charge is -2.10. The van der Waals surface area contributed by atoms with Gasteiger partial charge in [-0.05, 0) is 12.1 Å². The minimum atomic E-state index is -0.252.